The third-order valence-corrected chi connectivity index (χ3v) is 3.42. The van der Waals surface area contributed by atoms with Crippen molar-refractivity contribution in [1.29, 1.82) is 0 Å². The SMILES string of the molecule is O=c1[nH]nc(C(O)CNc2cccc(OCc3ccccc3)c2)[nH]1. The van der Waals surface area contributed by atoms with E-state index >= 15 is 0 Å². The molecule has 1 atom stereocenters. The first kappa shape index (κ1) is 15.8. The minimum Gasteiger partial charge on any atom is -0.489 e. The Morgan fingerprint density at radius 3 is 2.75 bits per heavy atom. The Kier molecular flexibility index (Phi) is 4.93. The van der Waals surface area contributed by atoms with Crippen molar-refractivity contribution < 1.29 is 9.84 Å². The van der Waals surface area contributed by atoms with Gasteiger partial charge in [0.25, 0.3) is 0 Å². The van der Waals surface area contributed by atoms with E-state index in [4.69, 9.17) is 4.74 Å². The molecule has 3 rings (SSSR count). The van der Waals surface area contributed by atoms with Gasteiger partial charge in [-0.3, -0.25) is 4.98 Å². The van der Waals surface area contributed by atoms with Crippen LogP contribution in [0.5, 0.6) is 5.75 Å². The van der Waals surface area contributed by atoms with E-state index in [0.717, 1.165) is 17.0 Å². The van der Waals surface area contributed by atoms with Crippen LogP contribution in [-0.2, 0) is 6.61 Å². The standard InChI is InChI=1S/C17H18N4O3/c22-15(16-19-17(23)21-20-16)10-18-13-7-4-8-14(9-13)24-11-12-5-2-1-3-6-12/h1-9,15,18,22H,10-11H2,(H2,19,20,21,23). The lowest BCUT2D eigenvalue weighted by Gasteiger charge is -2.12. The second-order valence-corrected chi connectivity index (χ2v) is 5.26. The van der Waals surface area contributed by atoms with Crippen LogP contribution in [0.2, 0.25) is 0 Å². The molecule has 7 nitrogen and oxygen atoms in total. The molecule has 0 saturated heterocycles. The molecule has 7 heteroatoms. The molecule has 3 aromatic rings. The molecule has 0 spiro atoms. The normalized spacial score (nSPS) is 11.9. The summed E-state index contributed by atoms with van der Waals surface area (Å²) in [5, 5.41) is 19.0. The molecule has 0 saturated carbocycles. The van der Waals surface area contributed by atoms with Gasteiger partial charge in [-0.15, -0.1) is 0 Å². The molecule has 1 heterocycles. The summed E-state index contributed by atoms with van der Waals surface area (Å²) in [6.07, 6.45) is -0.919. The predicted octanol–water partition coefficient (Wildman–Crippen LogP) is 1.82. The van der Waals surface area contributed by atoms with E-state index in [1.165, 1.54) is 0 Å². The number of anilines is 1. The Hall–Kier alpha value is -3.06. The maximum absolute atomic E-state index is 11.0. The molecule has 1 unspecified atom stereocenters. The van der Waals surface area contributed by atoms with Gasteiger partial charge in [-0.1, -0.05) is 36.4 Å². The lowest BCUT2D eigenvalue weighted by molar-refractivity contribution is 0.182. The van der Waals surface area contributed by atoms with Crippen LogP contribution in [0.4, 0.5) is 5.69 Å². The number of aliphatic hydroxyl groups excluding tert-OH is 1. The van der Waals surface area contributed by atoms with Gasteiger partial charge in [0.15, 0.2) is 5.82 Å². The molecule has 0 aliphatic heterocycles. The first-order valence-electron chi connectivity index (χ1n) is 7.54. The summed E-state index contributed by atoms with van der Waals surface area (Å²) in [6.45, 7) is 0.699. The molecule has 0 radical (unpaired) electrons. The number of hydrogen-bond donors (Lipinski definition) is 4. The molecule has 0 fully saturated rings. The average Bonchev–Trinajstić information content (AvgIpc) is 3.06. The second-order valence-electron chi connectivity index (χ2n) is 5.26. The zero-order valence-electron chi connectivity index (χ0n) is 12.9. The molecule has 0 aliphatic rings. The van der Waals surface area contributed by atoms with Gasteiger partial charge in [0.1, 0.15) is 18.5 Å². The average molecular weight is 326 g/mol. The highest BCUT2D eigenvalue weighted by atomic mass is 16.5. The molecule has 0 aliphatic carbocycles. The highest BCUT2D eigenvalue weighted by molar-refractivity contribution is 5.48. The maximum Gasteiger partial charge on any atom is 0.340 e. The van der Waals surface area contributed by atoms with Gasteiger partial charge >= 0.3 is 5.69 Å². The number of rotatable bonds is 7. The fourth-order valence-corrected chi connectivity index (χ4v) is 2.19. The number of nitrogens with zero attached hydrogens (tertiary/aromatic N) is 1. The van der Waals surface area contributed by atoms with Crippen LogP contribution in [-0.4, -0.2) is 26.8 Å². The van der Waals surface area contributed by atoms with Gasteiger partial charge in [-0.2, -0.15) is 5.10 Å². The molecular weight excluding hydrogens is 308 g/mol. The van der Waals surface area contributed by atoms with Crippen LogP contribution in [0.25, 0.3) is 0 Å². The van der Waals surface area contributed by atoms with Crippen LogP contribution in [0.15, 0.2) is 59.4 Å². The smallest absolute Gasteiger partial charge is 0.340 e. The minimum absolute atomic E-state index is 0.198. The fraction of sp³-hybridized carbons (Fsp3) is 0.176. The number of benzene rings is 2. The Morgan fingerprint density at radius 2 is 2.00 bits per heavy atom. The molecular formula is C17H18N4O3. The number of aromatic nitrogens is 3. The largest absolute Gasteiger partial charge is 0.489 e. The molecule has 2 aromatic carbocycles. The molecule has 1 aromatic heterocycles. The lowest BCUT2D eigenvalue weighted by atomic mass is 10.2. The first-order valence-corrected chi connectivity index (χ1v) is 7.54. The van der Waals surface area contributed by atoms with Crippen molar-refractivity contribution in [3.63, 3.8) is 0 Å². The Bertz CT molecular complexity index is 829. The summed E-state index contributed by atoms with van der Waals surface area (Å²) >= 11 is 0. The van der Waals surface area contributed by atoms with Crippen molar-refractivity contribution >= 4 is 5.69 Å². The number of hydrogen-bond acceptors (Lipinski definition) is 5. The summed E-state index contributed by atoms with van der Waals surface area (Å²) in [5.41, 5.74) is 1.45. The number of H-pyrrole nitrogens is 2. The first-order chi connectivity index (χ1) is 11.7. The summed E-state index contributed by atoms with van der Waals surface area (Å²) < 4.78 is 5.76. The van der Waals surface area contributed by atoms with Crippen molar-refractivity contribution in [2.45, 2.75) is 12.7 Å². The van der Waals surface area contributed by atoms with Crippen LogP contribution >= 0.6 is 0 Å². The fourth-order valence-electron chi connectivity index (χ4n) is 2.19. The predicted molar refractivity (Wildman–Crippen MR) is 89.9 cm³/mol. The Balaban J connectivity index is 1.56. The lowest BCUT2D eigenvalue weighted by Crippen LogP contribution is -2.14. The number of ether oxygens (including phenoxy) is 1. The van der Waals surface area contributed by atoms with Crippen molar-refractivity contribution in [2.75, 3.05) is 11.9 Å². The monoisotopic (exact) mass is 326 g/mol. The van der Waals surface area contributed by atoms with Gasteiger partial charge in [0.05, 0.1) is 0 Å². The van der Waals surface area contributed by atoms with E-state index in [2.05, 4.69) is 20.5 Å². The van der Waals surface area contributed by atoms with E-state index in [0.29, 0.717) is 6.61 Å². The summed E-state index contributed by atoms with van der Waals surface area (Å²) in [4.78, 5) is 13.4. The van der Waals surface area contributed by atoms with Gasteiger partial charge in [0, 0.05) is 18.3 Å². The molecule has 0 amide bonds. The molecule has 0 bridgehead atoms. The molecule has 4 N–H and O–H groups in total. The van der Waals surface area contributed by atoms with Gasteiger partial charge in [-0.05, 0) is 17.7 Å². The van der Waals surface area contributed by atoms with E-state index in [9.17, 15) is 9.90 Å². The van der Waals surface area contributed by atoms with Crippen LogP contribution in [0.3, 0.4) is 0 Å². The number of nitrogens with one attached hydrogen (secondary N) is 3. The summed E-state index contributed by atoms with van der Waals surface area (Å²) in [5.74, 6) is 0.926. The van der Waals surface area contributed by atoms with Crippen LogP contribution in [0, 0.1) is 0 Å². The topological polar surface area (TPSA) is 103 Å². The van der Waals surface area contributed by atoms with Crippen molar-refractivity contribution in [3.8, 4) is 5.75 Å². The Morgan fingerprint density at radius 1 is 1.17 bits per heavy atom. The van der Waals surface area contributed by atoms with Crippen molar-refractivity contribution in [2.24, 2.45) is 0 Å². The highest BCUT2D eigenvalue weighted by Crippen LogP contribution is 2.19. The Labute approximate surface area is 138 Å². The van der Waals surface area contributed by atoms with Crippen LogP contribution in [0.1, 0.15) is 17.5 Å². The third-order valence-electron chi connectivity index (χ3n) is 3.42. The summed E-state index contributed by atoms with van der Waals surface area (Å²) in [7, 11) is 0. The second kappa shape index (κ2) is 7.47. The van der Waals surface area contributed by atoms with Gasteiger partial charge < -0.3 is 15.2 Å². The minimum atomic E-state index is -0.919. The third kappa shape index (κ3) is 4.23. The van der Waals surface area contributed by atoms with E-state index in [-0.39, 0.29) is 12.4 Å². The summed E-state index contributed by atoms with van der Waals surface area (Å²) in [6, 6.07) is 17.4. The van der Waals surface area contributed by atoms with Gasteiger partial charge in [0.2, 0.25) is 0 Å². The van der Waals surface area contributed by atoms with E-state index in [1.807, 2.05) is 54.6 Å². The zero-order valence-corrected chi connectivity index (χ0v) is 12.9. The number of aliphatic hydroxyl groups is 1. The quantitative estimate of drug-likeness (QED) is 0.530. The molecule has 24 heavy (non-hydrogen) atoms. The highest BCUT2D eigenvalue weighted by Gasteiger charge is 2.11. The van der Waals surface area contributed by atoms with E-state index < -0.39 is 11.8 Å². The maximum atomic E-state index is 11.0. The van der Waals surface area contributed by atoms with E-state index in [1.54, 1.807) is 0 Å². The van der Waals surface area contributed by atoms with Crippen molar-refractivity contribution in [3.05, 3.63) is 76.5 Å². The van der Waals surface area contributed by atoms with Gasteiger partial charge in [-0.25, -0.2) is 9.89 Å². The van der Waals surface area contributed by atoms with Crippen LogP contribution < -0.4 is 15.7 Å². The number of aromatic amines is 2. The molecule has 124 valence electrons. The van der Waals surface area contributed by atoms with Crippen molar-refractivity contribution in [1.82, 2.24) is 15.2 Å². The zero-order chi connectivity index (χ0) is 16.8.